The molecule has 6 nitrogen and oxygen atoms in total. The van der Waals surface area contributed by atoms with Crippen LogP contribution in [0.25, 0.3) is 0 Å². The van der Waals surface area contributed by atoms with E-state index in [-0.39, 0.29) is 11.7 Å². The number of rotatable bonds is 4. The van der Waals surface area contributed by atoms with Crippen molar-refractivity contribution in [3.8, 4) is 0 Å². The first-order valence-corrected chi connectivity index (χ1v) is 6.44. The zero-order valence-electron chi connectivity index (χ0n) is 11.1. The molecule has 7 heteroatoms. The lowest BCUT2D eigenvalue weighted by Gasteiger charge is -2.33. The Balaban J connectivity index is 2.24. The van der Waals surface area contributed by atoms with E-state index in [0.717, 1.165) is 19.2 Å². The lowest BCUT2D eigenvalue weighted by atomic mass is 10.2. The van der Waals surface area contributed by atoms with Gasteiger partial charge < -0.3 is 15.5 Å². The topological polar surface area (TPSA) is 70.2 Å². The number of anilines is 2. The van der Waals surface area contributed by atoms with Crippen LogP contribution in [0.5, 0.6) is 0 Å². The Morgan fingerprint density at radius 1 is 1.63 bits per heavy atom. The maximum Gasteiger partial charge on any atom is 0.242 e. The standard InChI is InChI=1S/C12H18FN5O/c1-3-4-15-12-16-7-9(13)10(17-12)18-6-5-14-11(19)8(18)2/h7-8H,3-6H2,1-2H3,(H,14,19)(H,15,16,17). The number of hydrogen-bond acceptors (Lipinski definition) is 5. The lowest BCUT2D eigenvalue weighted by Crippen LogP contribution is -2.54. The van der Waals surface area contributed by atoms with E-state index in [1.54, 1.807) is 11.8 Å². The molecule has 0 saturated carbocycles. The van der Waals surface area contributed by atoms with E-state index in [2.05, 4.69) is 20.6 Å². The van der Waals surface area contributed by atoms with Crippen molar-refractivity contribution in [3.63, 3.8) is 0 Å². The molecule has 104 valence electrons. The van der Waals surface area contributed by atoms with Crippen LogP contribution in [0, 0.1) is 5.82 Å². The third-order valence-electron chi connectivity index (χ3n) is 3.03. The fourth-order valence-corrected chi connectivity index (χ4v) is 1.95. The molecule has 2 rings (SSSR count). The van der Waals surface area contributed by atoms with Gasteiger partial charge in [0.2, 0.25) is 11.9 Å². The van der Waals surface area contributed by atoms with E-state index in [1.807, 2.05) is 6.92 Å². The second-order valence-electron chi connectivity index (χ2n) is 4.45. The Hall–Kier alpha value is -1.92. The third kappa shape index (κ3) is 2.91. The van der Waals surface area contributed by atoms with Crippen molar-refractivity contribution in [2.24, 2.45) is 0 Å². The average Bonchev–Trinajstić information content (AvgIpc) is 2.41. The minimum absolute atomic E-state index is 0.118. The molecule has 0 spiro atoms. The maximum atomic E-state index is 13.9. The minimum Gasteiger partial charge on any atom is -0.354 e. The molecule has 1 unspecified atom stereocenters. The molecule has 1 aliphatic heterocycles. The van der Waals surface area contributed by atoms with E-state index < -0.39 is 11.9 Å². The van der Waals surface area contributed by atoms with E-state index in [0.29, 0.717) is 19.0 Å². The molecule has 0 bridgehead atoms. The van der Waals surface area contributed by atoms with Crippen LogP contribution in [-0.4, -0.2) is 41.6 Å². The number of hydrogen-bond donors (Lipinski definition) is 2. The van der Waals surface area contributed by atoms with Crippen LogP contribution in [0.4, 0.5) is 16.2 Å². The van der Waals surface area contributed by atoms with Gasteiger partial charge in [-0.05, 0) is 13.3 Å². The molecule has 19 heavy (non-hydrogen) atoms. The first-order chi connectivity index (χ1) is 9.13. The van der Waals surface area contributed by atoms with Gasteiger partial charge in [-0.15, -0.1) is 0 Å². The van der Waals surface area contributed by atoms with Gasteiger partial charge in [0.25, 0.3) is 0 Å². The van der Waals surface area contributed by atoms with Crippen molar-refractivity contribution in [1.29, 1.82) is 0 Å². The molecule has 2 N–H and O–H groups in total. The number of carbonyl (C=O) groups excluding carboxylic acids is 1. The highest BCUT2D eigenvalue weighted by molar-refractivity contribution is 5.85. The van der Waals surface area contributed by atoms with Crippen molar-refractivity contribution in [3.05, 3.63) is 12.0 Å². The summed E-state index contributed by atoms with van der Waals surface area (Å²) in [6.07, 6.45) is 2.07. The van der Waals surface area contributed by atoms with E-state index >= 15 is 0 Å². The van der Waals surface area contributed by atoms with Gasteiger partial charge in [0, 0.05) is 19.6 Å². The van der Waals surface area contributed by atoms with Crippen LogP contribution in [0.15, 0.2) is 6.20 Å². The Morgan fingerprint density at radius 3 is 3.16 bits per heavy atom. The molecule has 0 aromatic carbocycles. The number of piperazine rings is 1. The number of halogens is 1. The van der Waals surface area contributed by atoms with E-state index in [9.17, 15) is 9.18 Å². The smallest absolute Gasteiger partial charge is 0.242 e. The Kier molecular flexibility index (Phi) is 4.13. The van der Waals surface area contributed by atoms with Crippen LogP contribution in [0.2, 0.25) is 0 Å². The average molecular weight is 267 g/mol. The molecule has 1 aromatic rings. The molecule has 1 fully saturated rings. The second-order valence-corrected chi connectivity index (χ2v) is 4.45. The zero-order valence-corrected chi connectivity index (χ0v) is 11.1. The molecular formula is C12H18FN5O. The Bertz CT molecular complexity index is 467. The fraction of sp³-hybridized carbons (Fsp3) is 0.583. The number of carbonyl (C=O) groups is 1. The van der Waals surface area contributed by atoms with Crippen molar-refractivity contribution >= 4 is 17.7 Å². The fourth-order valence-electron chi connectivity index (χ4n) is 1.95. The molecule has 2 heterocycles. The monoisotopic (exact) mass is 267 g/mol. The van der Waals surface area contributed by atoms with Gasteiger partial charge in [0.05, 0.1) is 6.20 Å². The molecule has 1 saturated heterocycles. The normalized spacial score (nSPS) is 19.2. The van der Waals surface area contributed by atoms with E-state index in [4.69, 9.17) is 0 Å². The number of amides is 1. The summed E-state index contributed by atoms with van der Waals surface area (Å²) in [5, 5.41) is 5.75. The summed E-state index contributed by atoms with van der Waals surface area (Å²) in [4.78, 5) is 21.3. The molecule has 1 amide bonds. The van der Waals surface area contributed by atoms with Gasteiger partial charge in [-0.1, -0.05) is 6.92 Å². The van der Waals surface area contributed by atoms with Crippen LogP contribution in [-0.2, 0) is 4.79 Å². The highest BCUT2D eigenvalue weighted by Crippen LogP contribution is 2.20. The van der Waals surface area contributed by atoms with Crippen LogP contribution in [0.1, 0.15) is 20.3 Å². The lowest BCUT2D eigenvalue weighted by molar-refractivity contribution is -0.122. The van der Waals surface area contributed by atoms with E-state index in [1.165, 1.54) is 0 Å². The number of nitrogens with zero attached hydrogens (tertiary/aromatic N) is 3. The van der Waals surface area contributed by atoms with Gasteiger partial charge in [-0.25, -0.2) is 9.37 Å². The van der Waals surface area contributed by atoms with Crippen LogP contribution >= 0.6 is 0 Å². The summed E-state index contributed by atoms with van der Waals surface area (Å²) in [7, 11) is 0. The van der Waals surface area contributed by atoms with Gasteiger partial charge >= 0.3 is 0 Å². The molecule has 1 aliphatic rings. The van der Waals surface area contributed by atoms with Crippen molar-refractivity contribution < 1.29 is 9.18 Å². The van der Waals surface area contributed by atoms with Crippen molar-refractivity contribution in [2.75, 3.05) is 29.9 Å². The van der Waals surface area contributed by atoms with Crippen LogP contribution in [0.3, 0.4) is 0 Å². The van der Waals surface area contributed by atoms with Gasteiger partial charge in [0.15, 0.2) is 11.6 Å². The summed E-state index contributed by atoms with van der Waals surface area (Å²) in [5.41, 5.74) is 0. The predicted octanol–water partition coefficient (Wildman–Crippen LogP) is 0.762. The third-order valence-corrected chi connectivity index (χ3v) is 3.03. The van der Waals surface area contributed by atoms with Crippen LogP contribution < -0.4 is 15.5 Å². The van der Waals surface area contributed by atoms with Crippen molar-refractivity contribution in [1.82, 2.24) is 15.3 Å². The predicted molar refractivity (Wildman–Crippen MR) is 70.6 cm³/mol. The molecule has 1 aromatic heterocycles. The second kappa shape index (κ2) is 5.81. The summed E-state index contributed by atoms with van der Waals surface area (Å²) in [6, 6.07) is -0.433. The number of nitrogens with one attached hydrogen (secondary N) is 2. The highest BCUT2D eigenvalue weighted by Gasteiger charge is 2.28. The molecule has 1 atom stereocenters. The quantitative estimate of drug-likeness (QED) is 0.843. The zero-order chi connectivity index (χ0) is 13.8. The van der Waals surface area contributed by atoms with Crippen molar-refractivity contribution in [2.45, 2.75) is 26.3 Å². The summed E-state index contributed by atoms with van der Waals surface area (Å²) >= 11 is 0. The summed E-state index contributed by atoms with van der Waals surface area (Å²) in [5.74, 6) is -0.0664. The SMILES string of the molecule is CCCNc1ncc(F)c(N2CCNC(=O)C2C)n1. The Labute approximate surface area is 111 Å². The van der Waals surface area contributed by atoms with Gasteiger partial charge in [0.1, 0.15) is 6.04 Å². The first kappa shape index (κ1) is 13.5. The molecule has 0 aliphatic carbocycles. The largest absolute Gasteiger partial charge is 0.354 e. The number of aromatic nitrogens is 2. The summed E-state index contributed by atoms with van der Waals surface area (Å²) < 4.78 is 13.9. The highest BCUT2D eigenvalue weighted by atomic mass is 19.1. The molecular weight excluding hydrogens is 249 g/mol. The summed E-state index contributed by atoms with van der Waals surface area (Å²) in [6.45, 7) is 5.50. The minimum atomic E-state index is -0.511. The first-order valence-electron chi connectivity index (χ1n) is 6.44. The van der Waals surface area contributed by atoms with Gasteiger partial charge in [-0.3, -0.25) is 4.79 Å². The molecule has 0 radical (unpaired) electrons. The Morgan fingerprint density at radius 2 is 2.42 bits per heavy atom. The van der Waals surface area contributed by atoms with Gasteiger partial charge in [-0.2, -0.15) is 4.98 Å². The maximum absolute atomic E-state index is 13.9.